The molecule has 176 valence electrons. The van der Waals surface area contributed by atoms with E-state index < -0.39 is 23.3 Å². The zero-order valence-corrected chi connectivity index (χ0v) is 19.5. The molecule has 0 amide bonds. The Morgan fingerprint density at radius 3 is 2.21 bits per heavy atom. The van der Waals surface area contributed by atoms with Crippen LogP contribution in [0.25, 0.3) is 10.6 Å². The van der Waals surface area contributed by atoms with E-state index in [4.69, 9.17) is 4.74 Å². The van der Waals surface area contributed by atoms with Crippen molar-refractivity contribution in [3.05, 3.63) is 70.2 Å². The molecule has 1 aromatic heterocycles. The molecule has 2 aromatic carbocycles. The number of carboxylic acids is 1. The highest BCUT2D eigenvalue weighted by Gasteiger charge is 2.30. The number of ether oxygens (including phenoxy) is 1. The molecule has 5 nitrogen and oxygen atoms in total. The summed E-state index contributed by atoms with van der Waals surface area (Å²) in [4.78, 5) is 18.9. The van der Waals surface area contributed by atoms with Crippen LogP contribution in [0.4, 0.5) is 13.2 Å². The third-order valence-electron chi connectivity index (χ3n) is 5.03. The molecule has 9 heteroatoms. The van der Waals surface area contributed by atoms with Gasteiger partial charge in [0.1, 0.15) is 10.8 Å². The van der Waals surface area contributed by atoms with Crippen molar-refractivity contribution in [2.45, 2.75) is 45.6 Å². The Morgan fingerprint density at radius 2 is 1.67 bits per heavy atom. The first-order valence-electron chi connectivity index (χ1n) is 10.2. The van der Waals surface area contributed by atoms with Crippen molar-refractivity contribution >= 4 is 17.3 Å². The van der Waals surface area contributed by atoms with Gasteiger partial charge in [-0.25, -0.2) is 9.78 Å². The molecule has 0 aliphatic heterocycles. The number of benzene rings is 2. The lowest BCUT2D eigenvalue weighted by atomic mass is 10.1. The van der Waals surface area contributed by atoms with E-state index in [1.54, 1.807) is 12.1 Å². The summed E-state index contributed by atoms with van der Waals surface area (Å²) in [6.45, 7) is 6.16. The smallest absolute Gasteiger partial charge is 0.416 e. The van der Waals surface area contributed by atoms with Crippen LogP contribution in [0.5, 0.6) is 5.75 Å². The summed E-state index contributed by atoms with van der Waals surface area (Å²) in [5.74, 6) is -0.560. The number of thiazole rings is 1. The second-order valence-electron chi connectivity index (χ2n) is 8.34. The van der Waals surface area contributed by atoms with E-state index in [2.05, 4.69) is 9.88 Å². The molecule has 0 aliphatic rings. The molecule has 0 bridgehead atoms. The van der Waals surface area contributed by atoms with E-state index in [9.17, 15) is 23.1 Å². The van der Waals surface area contributed by atoms with Crippen molar-refractivity contribution in [3.8, 4) is 16.3 Å². The van der Waals surface area contributed by atoms with E-state index in [-0.39, 0.29) is 0 Å². The van der Waals surface area contributed by atoms with Crippen molar-refractivity contribution in [2.24, 2.45) is 0 Å². The summed E-state index contributed by atoms with van der Waals surface area (Å²) in [6, 6.07) is 12.3. The molecule has 33 heavy (non-hydrogen) atoms. The van der Waals surface area contributed by atoms with Crippen molar-refractivity contribution in [1.29, 1.82) is 0 Å². The minimum absolute atomic E-state index is 0.480. The van der Waals surface area contributed by atoms with Gasteiger partial charge in [-0.1, -0.05) is 24.3 Å². The fraction of sp³-hybridized carbons (Fsp3) is 0.333. The molecule has 0 saturated heterocycles. The number of carbonyl (C=O) groups is 1. The lowest BCUT2D eigenvalue weighted by Crippen LogP contribution is -2.37. The first-order chi connectivity index (χ1) is 15.3. The number of aryl methyl sites for hydroxylation is 1. The fourth-order valence-electron chi connectivity index (χ4n) is 3.11. The van der Waals surface area contributed by atoms with E-state index in [1.165, 1.54) is 37.3 Å². The first kappa shape index (κ1) is 24.7. The number of nitrogens with zero attached hydrogens (tertiary/aromatic N) is 2. The molecule has 0 fully saturated rings. The van der Waals surface area contributed by atoms with Crippen LogP contribution in [0, 0.1) is 6.92 Å². The van der Waals surface area contributed by atoms with Gasteiger partial charge in [-0.2, -0.15) is 13.2 Å². The molecule has 0 radical (unpaired) electrons. The Labute approximate surface area is 194 Å². The van der Waals surface area contributed by atoms with Gasteiger partial charge in [0.15, 0.2) is 5.60 Å². The second kappa shape index (κ2) is 9.52. The van der Waals surface area contributed by atoms with E-state index in [1.807, 2.05) is 26.1 Å². The molecular weight excluding hydrogens is 453 g/mol. The third kappa shape index (κ3) is 6.33. The highest BCUT2D eigenvalue weighted by molar-refractivity contribution is 7.15. The van der Waals surface area contributed by atoms with E-state index in [0.29, 0.717) is 29.4 Å². The van der Waals surface area contributed by atoms with Crippen LogP contribution < -0.4 is 4.74 Å². The SMILES string of the molecule is Cc1nc(-c2ccc(C(F)(F)F)cc2)sc1CN(C)Cc1ccc(OC(C)(C)C(=O)O)cc1. The summed E-state index contributed by atoms with van der Waals surface area (Å²) >= 11 is 1.47. The normalized spacial score (nSPS) is 12.2. The molecule has 0 aliphatic carbocycles. The van der Waals surface area contributed by atoms with Gasteiger partial charge >= 0.3 is 12.1 Å². The molecule has 3 rings (SSSR count). The molecule has 0 atom stereocenters. The number of halogens is 3. The summed E-state index contributed by atoms with van der Waals surface area (Å²) in [7, 11) is 1.97. The predicted octanol–water partition coefficient (Wildman–Crippen LogP) is 6.01. The maximum atomic E-state index is 12.8. The Morgan fingerprint density at radius 1 is 1.06 bits per heavy atom. The van der Waals surface area contributed by atoms with Crippen molar-refractivity contribution in [1.82, 2.24) is 9.88 Å². The highest BCUT2D eigenvalue weighted by Crippen LogP contribution is 2.33. The van der Waals surface area contributed by atoms with E-state index in [0.717, 1.165) is 28.3 Å². The van der Waals surface area contributed by atoms with Gasteiger partial charge in [-0.05, 0) is 57.6 Å². The molecule has 0 saturated carbocycles. The zero-order chi connectivity index (χ0) is 24.4. The average molecular weight is 479 g/mol. The summed E-state index contributed by atoms with van der Waals surface area (Å²) in [6.07, 6.45) is -4.36. The van der Waals surface area contributed by atoms with Gasteiger partial charge in [0.05, 0.1) is 11.3 Å². The molecule has 0 spiro atoms. The van der Waals surface area contributed by atoms with Crippen molar-refractivity contribution < 1.29 is 27.8 Å². The first-order valence-corrected chi connectivity index (χ1v) is 11.0. The number of rotatable bonds is 8. The molecule has 1 N–H and O–H groups in total. The van der Waals surface area contributed by atoms with Gasteiger partial charge in [0.2, 0.25) is 0 Å². The number of carboxylic acid groups (broad SMARTS) is 1. The molecule has 3 aromatic rings. The Bertz CT molecular complexity index is 1110. The van der Waals surface area contributed by atoms with Gasteiger partial charge in [-0.15, -0.1) is 11.3 Å². The molecular formula is C24H25F3N2O3S. The largest absolute Gasteiger partial charge is 0.478 e. The quantitative estimate of drug-likeness (QED) is 0.430. The number of hydrogen-bond donors (Lipinski definition) is 1. The van der Waals surface area contributed by atoms with Crippen LogP contribution in [-0.2, 0) is 24.1 Å². The lowest BCUT2D eigenvalue weighted by molar-refractivity contribution is -0.152. The van der Waals surface area contributed by atoms with Crippen LogP contribution in [0.15, 0.2) is 48.5 Å². The predicted molar refractivity (Wildman–Crippen MR) is 121 cm³/mol. The maximum Gasteiger partial charge on any atom is 0.416 e. The molecule has 0 unspecified atom stereocenters. The minimum Gasteiger partial charge on any atom is -0.478 e. The van der Waals surface area contributed by atoms with Crippen LogP contribution in [-0.4, -0.2) is 33.6 Å². The number of hydrogen-bond acceptors (Lipinski definition) is 5. The van der Waals surface area contributed by atoms with E-state index >= 15 is 0 Å². The van der Waals surface area contributed by atoms with Gasteiger partial charge in [-0.3, -0.25) is 4.90 Å². The number of aliphatic carboxylic acids is 1. The van der Waals surface area contributed by atoms with Crippen LogP contribution in [0.2, 0.25) is 0 Å². The Balaban J connectivity index is 1.63. The summed E-state index contributed by atoms with van der Waals surface area (Å²) in [5.41, 5.74) is 0.545. The zero-order valence-electron chi connectivity index (χ0n) is 18.7. The van der Waals surface area contributed by atoms with Crippen LogP contribution in [0.3, 0.4) is 0 Å². The van der Waals surface area contributed by atoms with Crippen molar-refractivity contribution in [3.63, 3.8) is 0 Å². The van der Waals surface area contributed by atoms with Crippen LogP contribution in [0.1, 0.15) is 35.5 Å². The number of aromatic nitrogens is 1. The van der Waals surface area contributed by atoms with Crippen molar-refractivity contribution in [2.75, 3.05) is 7.05 Å². The van der Waals surface area contributed by atoms with Gasteiger partial charge in [0, 0.05) is 23.5 Å². The second-order valence-corrected chi connectivity index (χ2v) is 9.42. The van der Waals surface area contributed by atoms with Crippen LogP contribution >= 0.6 is 11.3 Å². The minimum atomic E-state index is -4.36. The lowest BCUT2D eigenvalue weighted by Gasteiger charge is -2.22. The third-order valence-corrected chi connectivity index (χ3v) is 6.22. The Hall–Kier alpha value is -2.91. The highest BCUT2D eigenvalue weighted by atomic mass is 32.1. The van der Waals surface area contributed by atoms with Gasteiger partial charge < -0.3 is 9.84 Å². The number of alkyl halides is 3. The standard InChI is InChI=1S/C24H25F3N2O3S/c1-15-20(33-21(28-15)17-7-9-18(10-8-17)24(25,26)27)14-29(4)13-16-5-11-19(12-6-16)32-23(2,3)22(30)31/h5-12H,13-14H2,1-4H3,(H,30,31). The fourth-order valence-corrected chi connectivity index (χ4v) is 4.26. The Kier molecular flexibility index (Phi) is 7.14. The average Bonchev–Trinajstić information content (AvgIpc) is 3.09. The van der Waals surface area contributed by atoms with Gasteiger partial charge in [0.25, 0.3) is 0 Å². The summed E-state index contributed by atoms with van der Waals surface area (Å²) < 4.78 is 43.9. The monoisotopic (exact) mass is 478 g/mol. The molecule has 1 heterocycles. The topological polar surface area (TPSA) is 62.7 Å². The summed E-state index contributed by atoms with van der Waals surface area (Å²) in [5, 5.41) is 9.86. The maximum absolute atomic E-state index is 12.8.